The van der Waals surface area contributed by atoms with Crippen molar-refractivity contribution < 1.29 is 19.5 Å². The van der Waals surface area contributed by atoms with Crippen LogP contribution < -0.4 is 10.6 Å². The highest BCUT2D eigenvalue weighted by Crippen LogP contribution is 2.48. The summed E-state index contributed by atoms with van der Waals surface area (Å²) in [6, 6.07) is 14.0. The zero-order valence-corrected chi connectivity index (χ0v) is 27.5. The number of halogens is 1. The first-order valence-corrected chi connectivity index (χ1v) is 16.4. The molecule has 43 heavy (non-hydrogen) atoms. The van der Waals surface area contributed by atoms with Crippen molar-refractivity contribution in [2.24, 2.45) is 11.3 Å². The van der Waals surface area contributed by atoms with Gasteiger partial charge in [0.25, 0.3) is 0 Å². The molecule has 6 atom stereocenters. The molecule has 8 nitrogen and oxygen atoms in total. The number of hydrogen-bond donors (Lipinski definition) is 3. The molecule has 2 aliphatic rings. The molecule has 5 rings (SSSR count). The first-order valence-electron chi connectivity index (χ1n) is 14.7. The van der Waals surface area contributed by atoms with Crippen LogP contribution in [0.2, 0.25) is 0 Å². The number of β-amino-alcohol motifs (C(OH)–C–C–N with tert-alkyl or cyclic N) is 1. The molecule has 3 amide bonds. The summed E-state index contributed by atoms with van der Waals surface area (Å²) in [5.41, 5.74) is 5.31. The Hall–Kier alpha value is -3.08. The SMILES string of the molecule is Cc1ncsc1-c1ccc([C@H](C)NC(=O)[C@@H]2C[C@@H](O)CN2C(=O)[C@@H](NC(=O)C2CC2c2ccc(Br)cc2)C(C)(C)C)cc1. The Morgan fingerprint density at radius 2 is 1.70 bits per heavy atom. The average Bonchev–Trinajstić information content (AvgIpc) is 3.49. The van der Waals surface area contributed by atoms with Gasteiger partial charge in [0.2, 0.25) is 17.7 Å². The number of aromatic nitrogens is 1. The minimum Gasteiger partial charge on any atom is -0.391 e. The van der Waals surface area contributed by atoms with Crippen LogP contribution in [0.15, 0.2) is 58.5 Å². The number of carbonyl (C=O) groups is 3. The van der Waals surface area contributed by atoms with E-state index in [-0.39, 0.29) is 48.6 Å². The number of likely N-dealkylation sites (tertiary alicyclic amines) is 1. The van der Waals surface area contributed by atoms with E-state index in [9.17, 15) is 19.5 Å². The van der Waals surface area contributed by atoms with Crippen LogP contribution in [0.3, 0.4) is 0 Å². The number of thiazole rings is 1. The minimum absolute atomic E-state index is 0.0432. The Kier molecular flexibility index (Phi) is 9.11. The Bertz CT molecular complexity index is 1480. The van der Waals surface area contributed by atoms with Crippen LogP contribution in [0.1, 0.15) is 69.3 Å². The molecule has 0 spiro atoms. The fourth-order valence-corrected chi connectivity index (χ4v) is 6.90. The van der Waals surface area contributed by atoms with E-state index in [4.69, 9.17) is 0 Å². The monoisotopic (exact) mass is 666 g/mol. The third-order valence-electron chi connectivity index (χ3n) is 8.47. The zero-order chi connectivity index (χ0) is 31.1. The topological polar surface area (TPSA) is 112 Å². The highest BCUT2D eigenvalue weighted by atomic mass is 79.9. The number of carbonyl (C=O) groups excluding carboxylic acids is 3. The summed E-state index contributed by atoms with van der Waals surface area (Å²) in [6.07, 6.45) is 0.0558. The number of aliphatic hydroxyl groups is 1. The number of rotatable bonds is 8. The van der Waals surface area contributed by atoms with Crippen molar-refractivity contribution in [3.8, 4) is 10.4 Å². The van der Waals surface area contributed by atoms with Gasteiger partial charge in [-0.25, -0.2) is 4.98 Å². The molecule has 10 heteroatoms. The second-order valence-corrected chi connectivity index (χ2v) is 14.6. The molecule has 1 saturated heterocycles. The normalized spacial score (nSPS) is 23.0. The molecular weight excluding hydrogens is 628 g/mol. The largest absolute Gasteiger partial charge is 0.391 e. The lowest BCUT2D eigenvalue weighted by Gasteiger charge is -2.35. The first kappa shape index (κ1) is 31.3. The number of nitrogens with one attached hydrogen (secondary N) is 2. The van der Waals surface area contributed by atoms with Gasteiger partial charge in [-0.2, -0.15) is 0 Å². The lowest BCUT2D eigenvalue weighted by Crippen LogP contribution is -2.58. The van der Waals surface area contributed by atoms with Crippen molar-refractivity contribution in [3.05, 3.63) is 75.3 Å². The maximum absolute atomic E-state index is 14.0. The summed E-state index contributed by atoms with van der Waals surface area (Å²) in [6.45, 7) is 9.62. The van der Waals surface area contributed by atoms with Crippen molar-refractivity contribution in [2.45, 2.75) is 77.6 Å². The molecule has 2 heterocycles. The van der Waals surface area contributed by atoms with Crippen LogP contribution in [0.5, 0.6) is 0 Å². The highest BCUT2D eigenvalue weighted by Gasteiger charge is 2.48. The summed E-state index contributed by atoms with van der Waals surface area (Å²) < 4.78 is 0.983. The number of nitrogens with zero attached hydrogens (tertiary/aromatic N) is 2. The predicted molar refractivity (Wildman–Crippen MR) is 171 cm³/mol. The molecule has 1 aliphatic heterocycles. The van der Waals surface area contributed by atoms with Crippen molar-refractivity contribution in [1.82, 2.24) is 20.5 Å². The van der Waals surface area contributed by atoms with Gasteiger partial charge in [0.05, 0.1) is 28.2 Å². The van der Waals surface area contributed by atoms with E-state index in [1.165, 1.54) is 4.90 Å². The second-order valence-electron chi connectivity index (χ2n) is 12.8. The summed E-state index contributed by atoms with van der Waals surface area (Å²) in [4.78, 5) is 47.7. The zero-order valence-electron chi connectivity index (χ0n) is 25.1. The molecule has 228 valence electrons. The predicted octanol–water partition coefficient (Wildman–Crippen LogP) is 5.35. The van der Waals surface area contributed by atoms with E-state index in [1.807, 2.05) is 88.7 Å². The van der Waals surface area contributed by atoms with Crippen molar-refractivity contribution in [3.63, 3.8) is 0 Å². The summed E-state index contributed by atoms with van der Waals surface area (Å²) >= 11 is 5.04. The highest BCUT2D eigenvalue weighted by molar-refractivity contribution is 9.10. The van der Waals surface area contributed by atoms with Crippen molar-refractivity contribution in [1.29, 1.82) is 0 Å². The van der Waals surface area contributed by atoms with Crippen LogP contribution in [0.25, 0.3) is 10.4 Å². The van der Waals surface area contributed by atoms with E-state index in [0.717, 1.165) is 38.2 Å². The molecule has 3 aromatic rings. The molecule has 1 aliphatic carbocycles. The second kappa shape index (κ2) is 12.5. The van der Waals surface area contributed by atoms with Gasteiger partial charge in [0, 0.05) is 23.4 Å². The number of benzene rings is 2. The van der Waals surface area contributed by atoms with Crippen LogP contribution in [-0.4, -0.2) is 57.4 Å². The number of hydrogen-bond acceptors (Lipinski definition) is 6. The van der Waals surface area contributed by atoms with Gasteiger partial charge in [-0.1, -0.05) is 73.1 Å². The van der Waals surface area contributed by atoms with Gasteiger partial charge >= 0.3 is 0 Å². The molecule has 0 radical (unpaired) electrons. The third-order valence-corrected chi connectivity index (χ3v) is 9.97. The maximum Gasteiger partial charge on any atom is 0.246 e. The lowest BCUT2D eigenvalue weighted by atomic mass is 9.85. The van der Waals surface area contributed by atoms with E-state index in [0.29, 0.717) is 0 Å². The lowest BCUT2D eigenvalue weighted by molar-refractivity contribution is -0.144. The van der Waals surface area contributed by atoms with Crippen LogP contribution in [0.4, 0.5) is 0 Å². The Balaban J connectivity index is 1.25. The molecule has 1 aromatic heterocycles. The van der Waals surface area contributed by atoms with Gasteiger partial charge in [-0.05, 0) is 60.4 Å². The molecule has 2 fully saturated rings. The van der Waals surface area contributed by atoms with Crippen LogP contribution in [-0.2, 0) is 14.4 Å². The standard InChI is InChI=1S/C33H39BrN4O4S/c1-18(20-6-8-22(9-7-20)28-19(2)35-17-43-28)36-31(41)27-14-24(39)16-38(27)32(42)29(33(3,4)5)37-30(40)26-15-25(26)21-10-12-23(34)13-11-21/h6-13,17-18,24-27,29,39H,14-16H2,1-5H3,(H,36,41)(H,37,40)/t18-,24+,25?,26?,27-,29+/m0/s1. The molecule has 2 unspecified atom stereocenters. The summed E-state index contributed by atoms with van der Waals surface area (Å²) in [5.74, 6) is -0.911. The van der Waals surface area contributed by atoms with Gasteiger partial charge in [-0.15, -0.1) is 11.3 Å². The van der Waals surface area contributed by atoms with Crippen molar-refractivity contribution in [2.75, 3.05) is 6.54 Å². The van der Waals surface area contributed by atoms with Crippen molar-refractivity contribution >= 4 is 45.0 Å². The molecule has 1 saturated carbocycles. The summed E-state index contributed by atoms with van der Waals surface area (Å²) in [5, 5.41) is 16.6. The first-order chi connectivity index (χ1) is 20.3. The fourth-order valence-electron chi connectivity index (χ4n) is 5.83. The van der Waals surface area contributed by atoms with E-state index in [1.54, 1.807) is 11.3 Å². The van der Waals surface area contributed by atoms with Gasteiger partial charge in [0.15, 0.2) is 0 Å². The quantitative estimate of drug-likeness (QED) is 0.300. The average molecular weight is 668 g/mol. The molecular formula is C33H39BrN4O4S. The van der Waals surface area contributed by atoms with Gasteiger partial charge < -0.3 is 20.6 Å². The number of aliphatic hydroxyl groups excluding tert-OH is 1. The maximum atomic E-state index is 14.0. The van der Waals surface area contributed by atoms with Crippen LogP contribution >= 0.6 is 27.3 Å². The smallest absolute Gasteiger partial charge is 0.246 e. The van der Waals surface area contributed by atoms with E-state index < -0.39 is 23.6 Å². The molecule has 0 bridgehead atoms. The van der Waals surface area contributed by atoms with Gasteiger partial charge in [-0.3, -0.25) is 14.4 Å². The molecule has 2 aromatic carbocycles. The number of aryl methyl sites for hydroxylation is 1. The number of amides is 3. The Morgan fingerprint density at radius 3 is 2.30 bits per heavy atom. The third kappa shape index (κ3) is 7.02. The Morgan fingerprint density at radius 1 is 1.02 bits per heavy atom. The van der Waals surface area contributed by atoms with E-state index in [2.05, 4.69) is 31.5 Å². The molecule has 3 N–H and O–H groups in total. The summed E-state index contributed by atoms with van der Waals surface area (Å²) in [7, 11) is 0. The minimum atomic E-state index is -0.841. The fraction of sp³-hybridized carbons (Fsp3) is 0.455. The Labute approximate surface area is 265 Å². The van der Waals surface area contributed by atoms with E-state index >= 15 is 0 Å². The van der Waals surface area contributed by atoms with Gasteiger partial charge in [0.1, 0.15) is 12.1 Å². The van der Waals surface area contributed by atoms with Crippen LogP contribution in [0, 0.1) is 18.3 Å².